The van der Waals surface area contributed by atoms with Crippen LogP contribution in [-0.4, -0.2) is 50.0 Å². The Morgan fingerprint density at radius 2 is 2.00 bits per heavy atom. The highest BCUT2D eigenvalue weighted by Crippen LogP contribution is 2.17. The SMILES string of the molecule is CCNC(=NCc1ccc(OCC(F)(F)F)nc1)NCCCOCC(C)C.I. The van der Waals surface area contributed by atoms with E-state index in [9.17, 15) is 13.2 Å². The second-order valence-corrected chi connectivity index (χ2v) is 6.35. The first kappa shape index (κ1) is 26.7. The molecule has 1 rings (SSSR count). The van der Waals surface area contributed by atoms with Gasteiger partial charge in [0.2, 0.25) is 5.88 Å². The Morgan fingerprint density at radius 1 is 1.25 bits per heavy atom. The second-order valence-electron chi connectivity index (χ2n) is 6.35. The van der Waals surface area contributed by atoms with E-state index in [0.717, 1.165) is 31.7 Å². The molecule has 0 atom stereocenters. The zero-order valence-electron chi connectivity index (χ0n) is 16.5. The fourth-order valence-electron chi connectivity index (χ4n) is 1.96. The van der Waals surface area contributed by atoms with Gasteiger partial charge in [-0.05, 0) is 24.8 Å². The Balaban J connectivity index is 0.00000729. The molecule has 28 heavy (non-hydrogen) atoms. The molecule has 0 radical (unpaired) electrons. The number of aliphatic imine (C=N–C) groups is 1. The minimum absolute atomic E-state index is 0. The van der Waals surface area contributed by atoms with Crippen molar-refractivity contribution in [2.24, 2.45) is 10.9 Å². The highest BCUT2D eigenvalue weighted by molar-refractivity contribution is 14.0. The summed E-state index contributed by atoms with van der Waals surface area (Å²) in [7, 11) is 0. The van der Waals surface area contributed by atoms with Gasteiger partial charge in [0.15, 0.2) is 12.6 Å². The second kappa shape index (κ2) is 14.7. The van der Waals surface area contributed by atoms with Crippen LogP contribution >= 0.6 is 24.0 Å². The van der Waals surface area contributed by atoms with Crippen LogP contribution in [-0.2, 0) is 11.3 Å². The van der Waals surface area contributed by atoms with E-state index in [1.807, 2.05) is 6.92 Å². The van der Waals surface area contributed by atoms with Crippen LogP contribution in [0.15, 0.2) is 23.3 Å². The van der Waals surface area contributed by atoms with Crippen molar-refractivity contribution >= 4 is 29.9 Å². The van der Waals surface area contributed by atoms with E-state index >= 15 is 0 Å². The Bertz CT molecular complexity index is 555. The summed E-state index contributed by atoms with van der Waals surface area (Å²) < 4.78 is 46.5. The number of hydrogen-bond acceptors (Lipinski definition) is 4. The fourth-order valence-corrected chi connectivity index (χ4v) is 1.96. The van der Waals surface area contributed by atoms with E-state index in [4.69, 9.17) is 4.74 Å². The zero-order chi connectivity index (χ0) is 20.1. The standard InChI is InChI=1S/C18H29F3N4O2.HI/c1-4-22-17(23-8-5-9-26-12-14(2)3)25-11-15-6-7-16(24-10-15)27-13-18(19,20)21;/h6-7,10,14H,4-5,8-9,11-13H2,1-3H3,(H2,22,23,25);1H. The molecule has 0 saturated heterocycles. The van der Waals surface area contributed by atoms with Crippen molar-refractivity contribution < 1.29 is 22.6 Å². The molecule has 6 nitrogen and oxygen atoms in total. The van der Waals surface area contributed by atoms with Crippen LogP contribution in [0.1, 0.15) is 32.8 Å². The average molecular weight is 518 g/mol. The number of nitrogens with zero attached hydrogens (tertiary/aromatic N) is 2. The molecular formula is C18H30F3IN4O2. The first-order valence-corrected chi connectivity index (χ1v) is 9.04. The number of nitrogens with one attached hydrogen (secondary N) is 2. The number of hydrogen-bond donors (Lipinski definition) is 2. The Labute approximate surface area is 181 Å². The molecule has 2 N–H and O–H groups in total. The maximum Gasteiger partial charge on any atom is 0.422 e. The van der Waals surface area contributed by atoms with Crippen LogP contribution < -0.4 is 15.4 Å². The molecular weight excluding hydrogens is 488 g/mol. The van der Waals surface area contributed by atoms with Crippen molar-refractivity contribution in [3.05, 3.63) is 23.9 Å². The van der Waals surface area contributed by atoms with Crippen LogP contribution in [0.3, 0.4) is 0 Å². The van der Waals surface area contributed by atoms with Gasteiger partial charge >= 0.3 is 6.18 Å². The highest BCUT2D eigenvalue weighted by Gasteiger charge is 2.28. The Morgan fingerprint density at radius 3 is 2.57 bits per heavy atom. The van der Waals surface area contributed by atoms with Gasteiger partial charge in [0, 0.05) is 38.6 Å². The van der Waals surface area contributed by atoms with E-state index < -0.39 is 12.8 Å². The molecule has 0 saturated carbocycles. The quantitative estimate of drug-likeness (QED) is 0.202. The summed E-state index contributed by atoms with van der Waals surface area (Å²) in [4.78, 5) is 8.30. The van der Waals surface area contributed by atoms with Crippen molar-refractivity contribution in [2.75, 3.05) is 32.9 Å². The van der Waals surface area contributed by atoms with Gasteiger partial charge in [-0.25, -0.2) is 9.98 Å². The summed E-state index contributed by atoms with van der Waals surface area (Å²) in [5.74, 6) is 1.13. The molecule has 0 fully saturated rings. The third-order valence-corrected chi connectivity index (χ3v) is 3.15. The van der Waals surface area contributed by atoms with Gasteiger partial charge in [-0.3, -0.25) is 0 Å². The topological polar surface area (TPSA) is 67.8 Å². The van der Waals surface area contributed by atoms with Crippen molar-refractivity contribution in [1.29, 1.82) is 0 Å². The van der Waals surface area contributed by atoms with E-state index in [0.29, 0.717) is 25.0 Å². The third-order valence-electron chi connectivity index (χ3n) is 3.15. The molecule has 0 bridgehead atoms. The van der Waals surface area contributed by atoms with Crippen LogP contribution in [0.5, 0.6) is 5.88 Å². The minimum atomic E-state index is -4.38. The monoisotopic (exact) mass is 518 g/mol. The number of aromatic nitrogens is 1. The highest BCUT2D eigenvalue weighted by atomic mass is 127. The maximum atomic E-state index is 12.1. The Kier molecular flexibility index (Phi) is 14.0. The third kappa shape index (κ3) is 13.8. The van der Waals surface area contributed by atoms with Crippen LogP contribution in [0.2, 0.25) is 0 Å². The molecule has 162 valence electrons. The number of guanidine groups is 1. The number of ether oxygens (including phenoxy) is 2. The largest absolute Gasteiger partial charge is 0.468 e. The molecule has 0 amide bonds. The van der Waals surface area contributed by atoms with Crippen molar-refractivity contribution in [1.82, 2.24) is 15.6 Å². The first-order chi connectivity index (χ1) is 12.8. The molecule has 0 aliphatic carbocycles. The van der Waals surface area contributed by atoms with Gasteiger partial charge < -0.3 is 20.1 Å². The average Bonchev–Trinajstić information content (AvgIpc) is 2.60. The first-order valence-electron chi connectivity index (χ1n) is 9.04. The molecule has 0 unspecified atom stereocenters. The molecule has 0 aliphatic rings. The number of pyridine rings is 1. The molecule has 1 heterocycles. The van der Waals surface area contributed by atoms with Gasteiger partial charge in [-0.1, -0.05) is 19.9 Å². The van der Waals surface area contributed by atoms with E-state index in [1.54, 1.807) is 6.07 Å². The molecule has 0 aromatic carbocycles. The van der Waals surface area contributed by atoms with Gasteiger partial charge in [0.25, 0.3) is 0 Å². The van der Waals surface area contributed by atoms with E-state index in [-0.39, 0.29) is 29.9 Å². The van der Waals surface area contributed by atoms with Crippen molar-refractivity contribution in [3.63, 3.8) is 0 Å². The van der Waals surface area contributed by atoms with Crippen LogP contribution in [0.25, 0.3) is 0 Å². The van der Waals surface area contributed by atoms with Gasteiger partial charge in [0.1, 0.15) is 0 Å². The predicted octanol–water partition coefficient (Wildman–Crippen LogP) is 3.76. The Hall–Kier alpha value is -1.30. The summed E-state index contributed by atoms with van der Waals surface area (Å²) in [5.41, 5.74) is 0.770. The summed E-state index contributed by atoms with van der Waals surface area (Å²) in [6, 6.07) is 3.05. The minimum Gasteiger partial charge on any atom is -0.468 e. The molecule has 0 aliphatic heterocycles. The number of halogens is 4. The smallest absolute Gasteiger partial charge is 0.422 e. The fraction of sp³-hybridized carbons (Fsp3) is 0.667. The number of alkyl halides is 3. The van der Waals surface area contributed by atoms with Gasteiger partial charge in [-0.15, -0.1) is 24.0 Å². The lowest BCUT2D eigenvalue weighted by atomic mass is 10.2. The molecule has 10 heteroatoms. The van der Waals surface area contributed by atoms with Crippen molar-refractivity contribution in [3.8, 4) is 5.88 Å². The lowest BCUT2D eigenvalue weighted by Crippen LogP contribution is -2.38. The number of rotatable bonds is 11. The predicted molar refractivity (Wildman–Crippen MR) is 114 cm³/mol. The maximum absolute atomic E-state index is 12.1. The lowest BCUT2D eigenvalue weighted by Gasteiger charge is -2.12. The van der Waals surface area contributed by atoms with E-state index in [2.05, 4.69) is 39.2 Å². The van der Waals surface area contributed by atoms with Crippen LogP contribution in [0, 0.1) is 5.92 Å². The molecule has 0 spiro atoms. The lowest BCUT2D eigenvalue weighted by molar-refractivity contribution is -0.154. The summed E-state index contributed by atoms with van der Waals surface area (Å²) in [6.07, 6.45) is -2.06. The normalized spacial score (nSPS) is 11.9. The van der Waals surface area contributed by atoms with Gasteiger partial charge in [0.05, 0.1) is 6.54 Å². The van der Waals surface area contributed by atoms with E-state index in [1.165, 1.54) is 12.3 Å². The van der Waals surface area contributed by atoms with Crippen LogP contribution in [0.4, 0.5) is 13.2 Å². The molecule has 1 aromatic rings. The summed E-state index contributed by atoms with van der Waals surface area (Å²) in [5, 5.41) is 6.35. The summed E-state index contributed by atoms with van der Waals surface area (Å²) >= 11 is 0. The zero-order valence-corrected chi connectivity index (χ0v) is 18.8. The van der Waals surface area contributed by atoms with Crippen molar-refractivity contribution in [2.45, 2.75) is 39.9 Å². The summed E-state index contributed by atoms with van der Waals surface area (Å²) in [6.45, 7) is 8.08. The van der Waals surface area contributed by atoms with Gasteiger partial charge in [-0.2, -0.15) is 13.2 Å². The molecule has 1 aromatic heterocycles.